The van der Waals surface area contributed by atoms with Gasteiger partial charge in [0, 0.05) is 29.6 Å². The molecule has 0 aromatic carbocycles. The van der Waals surface area contributed by atoms with Crippen LogP contribution in [0.1, 0.15) is 40.5 Å². The van der Waals surface area contributed by atoms with Crippen molar-refractivity contribution in [1.29, 1.82) is 0 Å². The number of hydrogen-bond donors (Lipinski definition) is 2. The molecule has 0 aromatic rings. The predicted octanol–water partition coefficient (Wildman–Crippen LogP) is 1.33. The largest absolute Gasteiger partial charge is 0.784 e. The fourth-order valence-corrected chi connectivity index (χ4v) is 2.28. The number of rotatable bonds is 1. The summed E-state index contributed by atoms with van der Waals surface area (Å²) in [5.41, 5.74) is 7.93. The number of piperidine rings is 1. The third kappa shape index (κ3) is 2.90. The number of nitrogens with zero attached hydrogens (tertiary/aromatic N) is 2. The van der Waals surface area contributed by atoms with Gasteiger partial charge in [-0.2, -0.15) is 5.10 Å². The molecule has 0 bridgehead atoms. The van der Waals surface area contributed by atoms with Crippen LogP contribution >= 0.6 is 12.2 Å². The molecule has 1 heterocycles. The molecule has 1 fully saturated rings. The molecule has 1 aliphatic heterocycles. The molecule has 0 aromatic heterocycles. The molecule has 0 amide bonds. The van der Waals surface area contributed by atoms with Crippen LogP contribution in [0.3, 0.4) is 0 Å². The Bertz CT molecular complexity index is 305. The predicted molar refractivity (Wildman–Crippen MR) is 70.0 cm³/mol. The Morgan fingerprint density at radius 2 is 1.81 bits per heavy atom. The molecule has 92 valence electrons. The van der Waals surface area contributed by atoms with E-state index in [0.29, 0.717) is 12.8 Å². The number of nitrogens with one attached hydrogen (secondary N) is 1. The Morgan fingerprint density at radius 1 is 1.38 bits per heavy atom. The molecule has 0 atom stereocenters. The molecule has 0 spiro atoms. The zero-order valence-electron chi connectivity index (χ0n) is 10.2. The summed E-state index contributed by atoms with van der Waals surface area (Å²) in [6.45, 7) is 7.66. The number of nitrogens with two attached hydrogens (primary N) is 1. The Kier molecular flexibility index (Phi) is 3.56. The third-order valence-corrected chi connectivity index (χ3v) is 2.79. The van der Waals surface area contributed by atoms with Gasteiger partial charge in [0.05, 0.1) is 0 Å². The van der Waals surface area contributed by atoms with Gasteiger partial charge >= 0.3 is 0 Å². The standard InChI is InChI=1S/C10H19N4OS/c1-9(2)5-7(12-13-8(11)16)6-10(3,4)14(9)15/h5-6H2,1-4H3,(H3,11,13,16)/q-1. The number of hydrogen-bond acceptors (Lipinski definition) is 4. The summed E-state index contributed by atoms with van der Waals surface area (Å²) < 4.78 is 0. The number of thiocarbonyl (C=S) groups is 1. The minimum absolute atomic E-state index is 0.146. The molecule has 1 saturated heterocycles. The van der Waals surface area contributed by atoms with Gasteiger partial charge in [-0.15, -0.1) is 0 Å². The maximum Gasteiger partial charge on any atom is 0.184 e. The highest BCUT2D eigenvalue weighted by atomic mass is 32.1. The van der Waals surface area contributed by atoms with Gasteiger partial charge < -0.3 is 16.0 Å². The van der Waals surface area contributed by atoms with E-state index in [-0.39, 0.29) is 5.11 Å². The van der Waals surface area contributed by atoms with Crippen molar-refractivity contribution in [1.82, 2.24) is 10.5 Å². The van der Waals surface area contributed by atoms with Crippen molar-refractivity contribution in [3.05, 3.63) is 5.21 Å². The third-order valence-electron chi connectivity index (χ3n) is 2.70. The number of hydroxylamine groups is 2. The van der Waals surface area contributed by atoms with Gasteiger partial charge in [0.15, 0.2) is 5.11 Å². The second-order valence-corrected chi connectivity index (χ2v) is 5.87. The minimum Gasteiger partial charge on any atom is -0.784 e. The highest BCUT2D eigenvalue weighted by Gasteiger charge is 2.38. The molecule has 0 radical (unpaired) electrons. The molecule has 16 heavy (non-hydrogen) atoms. The van der Waals surface area contributed by atoms with Crippen LogP contribution in [0.2, 0.25) is 0 Å². The van der Waals surface area contributed by atoms with E-state index in [1.165, 1.54) is 0 Å². The van der Waals surface area contributed by atoms with E-state index in [9.17, 15) is 5.21 Å². The summed E-state index contributed by atoms with van der Waals surface area (Å²) in [4.78, 5) is 0. The molecular weight excluding hydrogens is 224 g/mol. The van der Waals surface area contributed by atoms with Crippen molar-refractivity contribution < 1.29 is 0 Å². The van der Waals surface area contributed by atoms with Crippen LogP contribution in [0.25, 0.3) is 0 Å². The minimum atomic E-state index is -0.446. The summed E-state index contributed by atoms with van der Waals surface area (Å²) in [6, 6.07) is 0. The maximum absolute atomic E-state index is 12.0. The van der Waals surface area contributed by atoms with Crippen LogP contribution in [-0.4, -0.2) is 27.0 Å². The van der Waals surface area contributed by atoms with Crippen LogP contribution < -0.4 is 11.2 Å². The van der Waals surface area contributed by atoms with Crippen LogP contribution in [0.15, 0.2) is 5.10 Å². The average Bonchev–Trinajstić information content (AvgIpc) is 2.10. The lowest BCUT2D eigenvalue weighted by molar-refractivity contribution is 0.0624. The maximum atomic E-state index is 12.0. The zero-order chi connectivity index (χ0) is 12.6. The van der Waals surface area contributed by atoms with Gasteiger partial charge in [0.2, 0.25) is 0 Å². The SMILES string of the molecule is CC1(C)CC(=NNC(N)=S)CC(C)(C)N1[O-]. The molecule has 0 aliphatic carbocycles. The second kappa shape index (κ2) is 4.27. The van der Waals surface area contributed by atoms with Crippen molar-refractivity contribution in [2.45, 2.75) is 51.6 Å². The van der Waals surface area contributed by atoms with E-state index >= 15 is 0 Å². The number of hydrazone groups is 1. The van der Waals surface area contributed by atoms with Gasteiger partial charge in [-0.05, 0) is 39.9 Å². The van der Waals surface area contributed by atoms with E-state index in [1.54, 1.807) is 0 Å². The van der Waals surface area contributed by atoms with Crippen molar-refractivity contribution in [3.63, 3.8) is 0 Å². The van der Waals surface area contributed by atoms with Crippen LogP contribution in [0, 0.1) is 5.21 Å². The molecule has 1 rings (SSSR count). The Balaban J connectivity index is 2.86. The van der Waals surface area contributed by atoms with Crippen molar-refractivity contribution in [2.75, 3.05) is 0 Å². The Morgan fingerprint density at radius 3 is 2.19 bits per heavy atom. The van der Waals surface area contributed by atoms with Crippen molar-refractivity contribution in [3.8, 4) is 0 Å². The lowest BCUT2D eigenvalue weighted by atomic mass is 9.81. The summed E-state index contributed by atoms with van der Waals surface area (Å²) in [5.74, 6) is 0. The van der Waals surface area contributed by atoms with Crippen LogP contribution in [0.5, 0.6) is 0 Å². The lowest BCUT2D eigenvalue weighted by Crippen LogP contribution is -2.58. The van der Waals surface area contributed by atoms with Crippen LogP contribution in [0.4, 0.5) is 0 Å². The topological polar surface area (TPSA) is 76.7 Å². The summed E-state index contributed by atoms with van der Waals surface area (Å²) in [5, 5.41) is 17.5. The first-order valence-electron chi connectivity index (χ1n) is 5.23. The molecule has 0 unspecified atom stereocenters. The van der Waals surface area contributed by atoms with Gasteiger partial charge in [-0.25, -0.2) is 0 Å². The Hall–Kier alpha value is -0.720. The van der Waals surface area contributed by atoms with Crippen molar-refractivity contribution in [2.24, 2.45) is 10.8 Å². The fraction of sp³-hybridized carbons (Fsp3) is 0.800. The molecule has 3 N–H and O–H groups in total. The first-order chi connectivity index (χ1) is 7.15. The quantitative estimate of drug-likeness (QED) is 0.536. The molecule has 5 nitrogen and oxygen atoms in total. The fourth-order valence-electron chi connectivity index (χ4n) is 2.24. The van der Waals surface area contributed by atoms with Crippen LogP contribution in [-0.2, 0) is 0 Å². The normalized spacial score (nSPS) is 23.9. The first-order valence-corrected chi connectivity index (χ1v) is 5.64. The monoisotopic (exact) mass is 243 g/mol. The molecule has 0 saturated carbocycles. The van der Waals surface area contributed by atoms with Gasteiger partial charge in [0.1, 0.15) is 0 Å². The van der Waals surface area contributed by atoms with E-state index in [4.69, 9.17) is 5.73 Å². The zero-order valence-corrected chi connectivity index (χ0v) is 11.0. The first kappa shape index (κ1) is 13.3. The molecule has 1 aliphatic rings. The summed E-state index contributed by atoms with van der Waals surface area (Å²) in [7, 11) is 0. The van der Waals surface area contributed by atoms with Crippen molar-refractivity contribution >= 4 is 23.0 Å². The summed E-state index contributed by atoms with van der Waals surface area (Å²) in [6.07, 6.45) is 1.24. The highest BCUT2D eigenvalue weighted by Crippen LogP contribution is 2.35. The smallest absolute Gasteiger partial charge is 0.184 e. The lowest BCUT2D eigenvalue weighted by Gasteiger charge is -2.58. The van der Waals surface area contributed by atoms with Gasteiger partial charge in [-0.3, -0.25) is 5.43 Å². The van der Waals surface area contributed by atoms with E-state index in [2.05, 4.69) is 22.7 Å². The van der Waals surface area contributed by atoms with E-state index in [1.807, 2.05) is 27.7 Å². The van der Waals surface area contributed by atoms with E-state index < -0.39 is 11.1 Å². The second-order valence-electron chi connectivity index (χ2n) is 5.43. The highest BCUT2D eigenvalue weighted by molar-refractivity contribution is 7.80. The van der Waals surface area contributed by atoms with Gasteiger partial charge in [0.25, 0.3) is 0 Å². The van der Waals surface area contributed by atoms with E-state index in [0.717, 1.165) is 10.8 Å². The summed E-state index contributed by atoms with van der Waals surface area (Å²) >= 11 is 4.69. The Labute approximate surface area is 102 Å². The average molecular weight is 243 g/mol. The molecular formula is C10H19N4OS-. The van der Waals surface area contributed by atoms with Gasteiger partial charge in [-0.1, -0.05) is 0 Å². The molecule has 6 heteroatoms.